The molecule has 1 aliphatic carbocycles. The van der Waals surface area contributed by atoms with Crippen molar-refractivity contribution in [2.75, 3.05) is 20.1 Å². The van der Waals surface area contributed by atoms with E-state index in [-0.39, 0.29) is 0 Å². The van der Waals surface area contributed by atoms with Gasteiger partial charge in [0.2, 0.25) is 0 Å². The Morgan fingerprint density at radius 3 is 2.06 bits per heavy atom. The van der Waals surface area contributed by atoms with Crippen LogP contribution in [0.15, 0.2) is 0 Å². The van der Waals surface area contributed by atoms with Gasteiger partial charge in [-0.2, -0.15) is 0 Å². The van der Waals surface area contributed by atoms with Crippen molar-refractivity contribution in [1.29, 1.82) is 0 Å². The highest BCUT2D eigenvalue weighted by Crippen LogP contribution is 2.38. The Morgan fingerprint density at radius 2 is 1.44 bits per heavy atom. The lowest BCUT2D eigenvalue weighted by Crippen LogP contribution is -2.44. The highest BCUT2D eigenvalue weighted by Gasteiger charge is 2.34. The molecule has 0 aromatic heterocycles. The molecule has 1 saturated carbocycles. The number of rotatable bonds is 0. The Bertz CT molecular complexity index is 156. The second-order valence-corrected chi connectivity index (χ2v) is 4.91. The fraction of sp³-hybridized carbons (Fsp3) is 1.00. The van der Waals surface area contributed by atoms with Gasteiger partial charge in [0.1, 0.15) is 0 Å². The van der Waals surface area contributed by atoms with E-state index in [0.29, 0.717) is 0 Å². The first-order valence-corrected chi connectivity index (χ1v) is 7.46. The van der Waals surface area contributed by atoms with Crippen molar-refractivity contribution >= 4 is 0 Å². The molecule has 1 heteroatoms. The van der Waals surface area contributed by atoms with Crippen molar-refractivity contribution in [3.8, 4) is 0 Å². The topological polar surface area (TPSA) is 3.24 Å². The van der Waals surface area contributed by atoms with Crippen LogP contribution in [0, 0.1) is 17.8 Å². The van der Waals surface area contributed by atoms with E-state index in [0.717, 1.165) is 17.8 Å². The number of hydrogen-bond donors (Lipinski definition) is 0. The summed E-state index contributed by atoms with van der Waals surface area (Å²) in [6.45, 7) is 13.1. The quantitative estimate of drug-likeness (QED) is 0.592. The van der Waals surface area contributed by atoms with Crippen LogP contribution in [-0.4, -0.2) is 25.0 Å². The molecule has 0 N–H and O–H groups in total. The Kier molecular flexibility index (Phi) is 9.02. The van der Waals surface area contributed by atoms with Gasteiger partial charge >= 0.3 is 0 Å². The van der Waals surface area contributed by atoms with Gasteiger partial charge in [-0.3, -0.25) is 0 Å². The third kappa shape index (κ3) is 4.45. The van der Waals surface area contributed by atoms with E-state index in [4.69, 9.17) is 0 Å². The third-order valence-corrected chi connectivity index (χ3v) is 3.84. The number of hydrogen-bond acceptors (Lipinski definition) is 1. The predicted octanol–water partition coefficient (Wildman–Crippen LogP) is 4.43. The molecule has 1 aliphatic heterocycles. The van der Waals surface area contributed by atoms with Crippen LogP contribution >= 0.6 is 0 Å². The van der Waals surface area contributed by atoms with Gasteiger partial charge in [0.15, 0.2) is 0 Å². The zero-order chi connectivity index (χ0) is 12.6. The standard InChI is InChI=1S/C11H21N.2C2H6/c1-9-7-12(2)8-10-5-3-4-6-11(9)10;2*1-2/h9-11H,3-8H2,1-2H3;2*1-2H3. The van der Waals surface area contributed by atoms with E-state index >= 15 is 0 Å². The van der Waals surface area contributed by atoms with E-state index < -0.39 is 0 Å². The fourth-order valence-corrected chi connectivity index (χ4v) is 3.31. The van der Waals surface area contributed by atoms with Crippen molar-refractivity contribution in [2.24, 2.45) is 17.8 Å². The lowest BCUT2D eigenvalue weighted by Gasteiger charge is -2.44. The third-order valence-electron chi connectivity index (χ3n) is 3.84. The average Bonchev–Trinajstić information content (AvgIpc) is 2.34. The summed E-state index contributed by atoms with van der Waals surface area (Å²) in [4.78, 5) is 2.52. The molecule has 3 unspecified atom stereocenters. The van der Waals surface area contributed by atoms with Crippen LogP contribution in [0.4, 0.5) is 0 Å². The van der Waals surface area contributed by atoms with E-state index in [1.807, 2.05) is 27.7 Å². The van der Waals surface area contributed by atoms with Crippen molar-refractivity contribution in [1.82, 2.24) is 4.90 Å². The molecule has 0 radical (unpaired) electrons. The molecule has 1 nitrogen and oxygen atoms in total. The first-order valence-electron chi connectivity index (χ1n) is 7.46. The van der Waals surface area contributed by atoms with Gasteiger partial charge in [-0.15, -0.1) is 0 Å². The van der Waals surface area contributed by atoms with Crippen molar-refractivity contribution in [3.05, 3.63) is 0 Å². The Morgan fingerprint density at radius 1 is 0.875 bits per heavy atom. The molecule has 1 saturated heterocycles. The van der Waals surface area contributed by atoms with Gasteiger partial charge in [0.25, 0.3) is 0 Å². The van der Waals surface area contributed by atoms with Crippen LogP contribution in [0.2, 0.25) is 0 Å². The zero-order valence-electron chi connectivity index (χ0n) is 12.4. The molecule has 0 spiro atoms. The van der Waals surface area contributed by atoms with Gasteiger partial charge in [0.05, 0.1) is 0 Å². The summed E-state index contributed by atoms with van der Waals surface area (Å²) in [6, 6.07) is 0. The minimum absolute atomic E-state index is 0.953. The smallest absolute Gasteiger partial charge is 0.000948 e. The monoisotopic (exact) mass is 227 g/mol. The van der Waals surface area contributed by atoms with Gasteiger partial charge in [-0.1, -0.05) is 47.5 Å². The highest BCUT2D eigenvalue weighted by molar-refractivity contribution is 4.86. The van der Waals surface area contributed by atoms with Crippen LogP contribution in [0.3, 0.4) is 0 Å². The van der Waals surface area contributed by atoms with Crippen LogP contribution in [-0.2, 0) is 0 Å². The second-order valence-electron chi connectivity index (χ2n) is 4.91. The van der Waals surface area contributed by atoms with Crippen molar-refractivity contribution < 1.29 is 0 Å². The molecule has 1 heterocycles. The lowest BCUT2D eigenvalue weighted by molar-refractivity contribution is 0.0564. The van der Waals surface area contributed by atoms with Gasteiger partial charge in [-0.05, 0) is 37.6 Å². The van der Waals surface area contributed by atoms with E-state index in [1.165, 1.54) is 38.8 Å². The van der Waals surface area contributed by atoms with E-state index in [1.54, 1.807) is 0 Å². The first-order chi connectivity index (χ1) is 7.77. The second kappa shape index (κ2) is 9.04. The lowest BCUT2D eigenvalue weighted by atomic mass is 9.70. The Hall–Kier alpha value is -0.0400. The minimum atomic E-state index is 0.953. The fourth-order valence-electron chi connectivity index (χ4n) is 3.31. The first kappa shape index (κ1) is 16.0. The zero-order valence-corrected chi connectivity index (χ0v) is 12.4. The number of nitrogens with zero attached hydrogens (tertiary/aromatic N) is 1. The van der Waals surface area contributed by atoms with Crippen LogP contribution in [0.5, 0.6) is 0 Å². The minimum Gasteiger partial charge on any atom is -0.306 e. The maximum absolute atomic E-state index is 2.52. The van der Waals surface area contributed by atoms with Gasteiger partial charge in [0, 0.05) is 13.1 Å². The number of piperidine rings is 1. The molecular formula is C15H33N. The summed E-state index contributed by atoms with van der Waals surface area (Å²) in [6.07, 6.45) is 6.00. The molecule has 2 rings (SSSR count). The number of fused-ring (bicyclic) bond motifs is 1. The van der Waals surface area contributed by atoms with Gasteiger partial charge < -0.3 is 4.90 Å². The molecule has 0 amide bonds. The van der Waals surface area contributed by atoms with Crippen LogP contribution in [0.1, 0.15) is 60.3 Å². The molecule has 3 atom stereocenters. The normalized spacial score (nSPS) is 33.8. The molecule has 2 aliphatic rings. The summed E-state index contributed by atoms with van der Waals surface area (Å²) in [5, 5.41) is 0. The summed E-state index contributed by atoms with van der Waals surface area (Å²) in [5.74, 6) is 3.05. The molecular weight excluding hydrogens is 194 g/mol. The molecule has 0 aromatic rings. The molecule has 2 fully saturated rings. The maximum Gasteiger partial charge on any atom is 0.000948 e. The summed E-state index contributed by atoms with van der Waals surface area (Å²) in [5.41, 5.74) is 0. The van der Waals surface area contributed by atoms with Crippen molar-refractivity contribution in [3.63, 3.8) is 0 Å². The van der Waals surface area contributed by atoms with Crippen LogP contribution in [0.25, 0.3) is 0 Å². The van der Waals surface area contributed by atoms with Gasteiger partial charge in [-0.25, -0.2) is 0 Å². The molecule has 0 bridgehead atoms. The molecule has 98 valence electrons. The van der Waals surface area contributed by atoms with E-state index in [9.17, 15) is 0 Å². The number of likely N-dealkylation sites (tertiary alicyclic amines) is 1. The largest absolute Gasteiger partial charge is 0.306 e. The molecule has 16 heavy (non-hydrogen) atoms. The summed E-state index contributed by atoms with van der Waals surface area (Å²) < 4.78 is 0. The predicted molar refractivity (Wildman–Crippen MR) is 74.8 cm³/mol. The highest BCUT2D eigenvalue weighted by atomic mass is 15.1. The Balaban J connectivity index is 0.000000509. The van der Waals surface area contributed by atoms with Crippen molar-refractivity contribution in [2.45, 2.75) is 60.3 Å². The maximum atomic E-state index is 2.52. The molecule has 0 aromatic carbocycles. The SMILES string of the molecule is CC.CC.CC1CN(C)CC2CCCCC12. The average molecular weight is 227 g/mol. The Labute approximate surface area is 104 Å². The summed E-state index contributed by atoms with van der Waals surface area (Å²) in [7, 11) is 2.28. The van der Waals surface area contributed by atoms with E-state index in [2.05, 4.69) is 18.9 Å². The summed E-state index contributed by atoms with van der Waals surface area (Å²) >= 11 is 0. The van der Waals surface area contributed by atoms with Crippen LogP contribution < -0.4 is 0 Å².